The maximum Gasteiger partial charge on any atom is 0.338 e. The SMILES string of the molecule is CCOC(=O)c1cccc(/C(=C/CCc2ccc(OC)c(C34CC5CC(CC(C5)C3)C4)c2)CO)c1. The summed E-state index contributed by atoms with van der Waals surface area (Å²) in [6, 6.07) is 14.1. The molecule has 0 spiro atoms. The fraction of sp³-hybridized carbons (Fsp3) is 0.516. The Kier molecular flexibility index (Phi) is 7.02. The van der Waals surface area contributed by atoms with Crippen LogP contribution < -0.4 is 4.74 Å². The van der Waals surface area contributed by atoms with Crippen molar-refractivity contribution in [3.05, 3.63) is 70.8 Å². The highest BCUT2D eigenvalue weighted by Gasteiger charge is 2.52. The molecule has 0 unspecified atom stereocenters. The van der Waals surface area contributed by atoms with Gasteiger partial charge in [-0.2, -0.15) is 0 Å². The smallest absolute Gasteiger partial charge is 0.338 e. The van der Waals surface area contributed by atoms with E-state index in [0.717, 1.165) is 47.5 Å². The lowest BCUT2D eigenvalue weighted by Crippen LogP contribution is -2.48. The molecule has 4 aliphatic carbocycles. The van der Waals surface area contributed by atoms with Gasteiger partial charge in [0.1, 0.15) is 5.75 Å². The summed E-state index contributed by atoms with van der Waals surface area (Å²) in [6.07, 6.45) is 12.1. The third kappa shape index (κ3) is 4.91. The largest absolute Gasteiger partial charge is 0.496 e. The van der Waals surface area contributed by atoms with Crippen molar-refractivity contribution < 1.29 is 19.4 Å². The molecule has 0 aliphatic heterocycles. The summed E-state index contributed by atoms with van der Waals surface area (Å²) < 4.78 is 11.0. The van der Waals surface area contributed by atoms with Gasteiger partial charge in [0, 0.05) is 5.56 Å². The molecule has 4 heteroatoms. The van der Waals surface area contributed by atoms with Crippen LogP contribution in [0.4, 0.5) is 0 Å². The van der Waals surface area contributed by atoms with Crippen LogP contribution in [0.2, 0.25) is 0 Å². The van der Waals surface area contributed by atoms with Crippen LogP contribution in [0.1, 0.15) is 78.9 Å². The first kappa shape index (κ1) is 24.1. The van der Waals surface area contributed by atoms with Crippen molar-refractivity contribution in [2.24, 2.45) is 17.8 Å². The van der Waals surface area contributed by atoms with E-state index >= 15 is 0 Å². The van der Waals surface area contributed by atoms with E-state index in [1.807, 2.05) is 12.1 Å². The monoisotopic (exact) mass is 474 g/mol. The number of esters is 1. The van der Waals surface area contributed by atoms with Crippen LogP contribution in [0.25, 0.3) is 5.57 Å². The molecule has 4 saturated carbocycles. The standard InChI is InChI=1S/C31H38O4/c1-3-35-30(33)26-8-5-7-25(16-26)27(20-32)9-4-6-21-10-11-29(34-2)28(15-21)31-17-22-12-23(18-31)14-24(13-22)19-31/h5,7-11,15-16,22-24,32H,3-4,6,12-14,17-20H2,1-2H3/b27-9+. The van der Waals surface area contributed by atoms with Crippen LogP contribution in [0, 0.1) is 17.8 Å². The second-order valence-corrected chi connectivity index (χ2v) is 11.0. The fourth-order valence-corrected chi connectivity index (χ4v) is 7.51. The molecule has 0 heterocycles. The molecule has 4 bridgehead atoms. The molecule has 186 valence electrons. The first-order valence-electron chi connectivity index (χ1n) is 13.3. The van der Waals surface area contributed by atoms with E-state index in [-0.39, 0.29) is 12.6 Å². The second-order valence-electron chi connectivity index (χ2n) is 11.0. The minimum absolute atomic E-state index is 0.0621. The number of aliphatic hydroxyl groups excluding tert-OH is 1. The maximum atomic E-state index is 12.1. The Morgan fingerprint density at radius 1 is 1.03 bits per heavy atom. The lowest BCUT2D eigenvalue weighted by molar-refractivity contribution is -0.00619. The molecule has 0 radical (unpaired) electrons. The summed E-state index contributed by atoms with van der Waals surface area (Å²) in [4.78, 5) is 12.1. The number of hydrogen-bond donors (Lipinski definition) is 1. The molecule has 35 heavy (non-hydrogen) atoms. The molecule has 4 aliphatic rings. The molecule has 4 nitrogen and oxygen atoms in total. The zero-order valence-corrected chi connectivity index (χ0v) is 21.1. The number of rotatable bonds is 9. The summed E-state index contributed by atoms with van der Waals surface area (Å²) in [6.45, 7) is 2.08. The molecular weight excluding hydrogens is 436 g/mol. The minimum atomic E-state index is -0.331. The zero-order valence-electron chi connectivity index (χ0n) is 21.1. The van der Waals surface area contributed by atoms with Gasteiger partial charge < -0.3 is 14.6 Å². The number of aliphatic hydroxyl groups is 1. The molecule has 2 aromatic carbocycles. The van der Waals surface area contributed by atoms with Gasteiger partial charge in [-0.25, -0.2) is 4.79 Å². The highest BCUT2D eigenvalue weighted by atomic mass is 16.5. The lowest BCUT2D eigenvalue weighted by atomic mass is 9.48. The normalized spacial score (nSPS) is 27.2. The number of aryl methyl sites for hydroxylation is 1. The molecule has 0 atom stereocenters. The molecule has 1 N–H and O–H groups in total. The fourth-order valence-electron chi connectivity index (χ4n) is 7.51. The van der Waals surface area contributed by atoms with Gasteiger partial charge in [-0.05, 0) is 116 Å². The third-order valence-corrected chi connectivity index (χ3v) is 8.61. The van der Waals surface area contributed by atoms with Gasteiger partial charge in [-0.1, -0.05) is 30.3 Å². The number of allylic oxidation sites excluding steroid dienone is 1. The number of benzene rings is 2. The molecule has 2 aromatic rings. The Hall–Kier alpha value is -2.59. The van der Waals surface area contributed by atoms with Crippen molar-refractivity contribution in [1.82, 2.24) is 0 Å². The summed E-state index contributed by atoms with van der Waals surface area (Å²) in [5.41, 5.74) is 5.28. The summed E-state index contributed by atoms with van der Waals surface area (Å²) >= 11 is 0. The highest BCUT2D eigenvalue weighted by molar-refractivity contribution is 5.90. The van der Waals surface area contributed by atoms with E-state index in [1.165, 1.54) is 49.7 Å². The van der Waals surface area contributed by atoms with E-state index < -0.39 is 0 Å². The van der Waals surface area contributed by atoms with E-state index in [4.69, 9.17) is 9.47 Å². The van der Waals surface area contributed by atoms with Gasteiger partial charge in [0.05, 0.1) is 25.9 Å². The van der Waals surface area contributed by atoms with Gasteiger partial charge >= 0.3 is 5.97 Å². The van der Waals surface area contributed by atoms with Crippen LogP contribution in [-0.4, -0.2) is 31.4 Å². The summed E-state index contributed by atoms with van der Waals surface area (Å²) in [7, 11) is 1.81. The highest BCUT2D eigenvalue weighted by Crippen LogP contribution is 2.61. The van der Waals surface area contributed by atoms with E-state index in [1.54, 1.807) is 26.2 Å². The molecule has 0 saturated heterocycles. The average molecular weight is 475 g/mol. The van der Waals surface area contributed by atoms with Crippen LogP contribution in [0.3, 0.4) is 0 Å². The van der Waals surface area contributed by atoms with Crippen LogP contribution in [-0.2, 0) is 16.6 Å². The Morgan fingerprint density at radius 2 is 1.71 bits per heavy atom. The van der Waals surface area contributed by atoms with Crippen molar-refractivity contribution in [2.75, 3.05) is 20.3 Å². The summed E-state index contributed by atoms with van der Waals surface area (Å²) in [5.74, 6) is 3.42. The predicted octanol–water partition coefficient (Wildman–Crippen LogP) is 6.35. The number of hydrogen-bond acceptors (Lipinski definition) is 4. The van der Waals surface area contributed by atoms with Crippen LogP contribution >= 0.6 is 0 Å². The van der Waals surface area contributed by atoms with Crippen molar-refractivity contribution in [3.8, 4) is 5.75 Å². The van der Waals surface area contributed by atoms with Crippen LogP contribution in [0.15, 0.2) is 48.5 Å². The maximum absolute atomic E-state index is 12.1. The van der Waals surface area contributed by atoms with Crippen molar-refractivity contribution in [2.45, 2.75) is 63.7 Å². The zero-order chi connectivity index (χ0) is 24.4. The van der Waals surface area contributed by atoms with Crippen molar-refractivity contribution in [1.29, 1.82) is 0 Å². The van der Waals surface area contributed by atoms with E-state index in [0.29, 0.717) is 17.6 Å². The Bertz CT molecular complexity index is 1060. The number of methoxy groups -OCH3 is 1. The molecular formula is C31H38O4. The molecule has 6 rings (SSSR count). The van der Waals surface area contributed by atoms with Crippen LogP contribution in [0.5, 0.6) is 5.75 Å². The van der Waals surface area contributed by atoms with Gasteiger partial charge in [-0.15, -0.1) is 0 Å². The quantitative estimate of drug-likeness (QED) is 0.430. The predicted molar refractivity (Wildman–Crippen MR) is 139 cm³/mol. The number of carbonyl (C=O) groups excluding carboxylic acids is 1. The molecule has 4 fully saturated rings. The topological polar surface area (TPSA) is 55.8 Å². The Balaban J connectivity index is 1.33. The van der Waals surface area contributed by atoms with E-state index in [2.05, 4.69) is 24.3 Å². The first-order valence-corrected chi connectivity index (χ1v) is 13.3. The number of carbonyl (C=O) groups is 1. The van der Waals surface area contributed by atoms with Crippen molar-refractivity contribution in [3.63, 3.8) is 0 Å². The Labute approximate surface area is 209 Å². The minimum Gasteiger partial charge on any atom is -0.496 e. The van der Waals surface area contributed by atoms with Gasteiger partial charge in [-0.3, -0.25) is 0 Å². The van der Waals surface area contributed by atoms with E-state index in [9.17, 15) is 9.90 Å². The second kappa shape index (κ2) is 10.2. The van der Waals surface area contributed by atoms with Crippen molar-refractivity contribution >= 4 is 11.5 Å². The number of ether oxygens (including phenoxy) is 2. The molecule has 0 aromatic heterocycles. The average Bonchev–Trinajstić information content (AvgIpc) is 2.86. The van der Waals surface area contributed by atoms with Gasteiger partial charge in [0.15, 0.2) is 0 Å². The third-order valence-electron chi connectivity index (χ3n) is 8.61. The first-order chi connectivity index (χ1) is 17.0. The molecule has 0 amide bonds. The Morgan fingerprint density at radius 3 is 2.34 bits per heavy atom. The van der Waals surface area contributed by atoms with Gasteiger partial charge in [0.25, 0.3) is 0 Å². The summed E-state index contributed by atoms with van der Waals surface area (Å²) in [5, 5.41) is 10.0. The van der Waals surface area contributed by atoms with Gasteiger partial charge in [0.2, 0.25) is 0 Å². The lowest BCUT2D eigenvalue weighted by Gasteiger charge is -2.57.